The lowest BCUT2D eigenvalue weighted by Crippen LogP contribution is -2.41. The van der Waals surface area contributed by atoms with Crippen molar-refractivity contribution < 1.29 is 19.4 Å². The molecule has 0 radical (unpaired) electrons. The van der Waals surface area contributed by atoms with E-state index in [2.05, 4.69) is 5.32 Å². The first-order valence-electron chi connectivity index (χ1n) is 7.43. The van der Waals surface area contributed by atoms with Crippen LogP contribution in [0.1, 0.15) is 39.7 Å². The van der Waals surface area contributed by atoms with Gasteiger partial charge in [0.25, 0.3) is 0 Å². The van der Waals surface area contributed by atoms with E-state index in [1.807, 2.05) is 30.3 Å². The van der Waals surface area contributed by atoms with Crippen molar-refractivity contribution in [3.63, 3.8) is 0 Å². The lowest BCUT2D eigenvalue weighted by Gasteiger charge is -2.24. The number of carbonyl (C=O) groups is 2. The van der Waals surface area contributed by atoms with E-state index in [-0.39, 0.29) is 6.04 Å². The molecule has 122 valence electrons. The van der Waals surface area contributed by atoms with Crippen molar-refractivity contribution in [3.8, 4) is 0 Å². The molecular weight excluding hydrogens is 282 g/mol. The van der Waals surface area contributed by atoms with Gasteiger partial charge in [-0.1, -0.05) is 37.3 Å². The Morgan fingerprint density at radius 3 is 2.32 bits per heavy atom. The Labute approximate surface area is 131 Å². The van der Waals surface area contributed by atoms with Gasteiger partial charge < -0.3 is 15.2 Å². The van der Waals surface area contributed by atoms with Crippen molar-refractivity contribution in [2.45, 2.75) is 52.2 Å². The predicted octanol–water partition coefficient (Wildman–Crippen LogP) is 3.23. The molecule has 22 heavy (non-hydrogen) atoms. The number of alkyl carbamates (subject to hydrolysis) is 1. The highest BCUT2D eigenvalue weighted by atomic mass is 16.6. The van der Waals surface area contributed by atoms with E-state index in [0.29, 0.717) is 12.8 Å². The van der Waals surface area contributed by atoms with Crippen LogP contribution in [-0.2, 0) is 16.0 Å². The third kappa shape index (κ3) is 7.11. The lowest BCUT2D eigenvalue weighted by molar-refractivity contribution is -0.141. The van der Waals surface area contributed by atoms with Gasteiger partial charge in [-0.3, -0.25) is 4.79 Å². The zero-order valence-corrected chi connectivity index (χ0v) is 13.6. The number of aliphatic carboxylic acids is 1. The second kappa shape index (κ2) is 7.82. The molecular formula is C17H25NO4. The number of hydrogen-bond acceptors (Lipinski definition) is 3. The normalized spacial score (nSPS) is 14.0. The zero-order valence-electron chi connectivity index (χ0n) is 13.6. The summed E-state index contributed by atoms with van der Waals surface area (Å²) in [4.78, 5) is 23.0. The smallest absolute Gasteiger partial charge is 0.407 e. The van der Waals surface area contributed by atoms with Gasteiger partial charge in [0.15, 0.2) is 0 Å². The highest BCUT2D eigenvalue weighted by Gasteiger charge is 2.23. The van der Waals surface area contributed by atoms with E-state index >= 15 is 0 Å². The monoisotopic (exact) mass is 307 g/mol. The molecule has 1 amide bonds. The maximum atomic E-state index is 11.9. The van der Waals surface area contributed by atoms with Crippen LogP contribution < -0.4 is 5.32 Å². The summed E-state index contributed by atoms with van der Waals surface area (Å²) in [5, 5.41) is 11.9. The molecule has 5 nitrogen and oxygen atoms in total. The molecule has 0 bridgehead atoms. The minimum absolute atomic E-state index is 0.289. The van der Waals surface area contributed by atoms with Gasteiger partial charge >= 0.3 is 12.1 Å². The maximum Gasteiger partial charge on any atom is 0.407 e. The van der Waals surface area contributed by atoms with E-state index < -0.39 is 23.6 Å². The lowest BCUT2D eigenvalue weighted by atomic mass is 9.96. The molecule has 0 aliphatic rings. The first-order valence-corrected chi connectivity index (χ1v) is 7.43. The predicted molar refractivity (Wildman–Crippen MR) is 84.7 cm³/mol. The van der Waals surface area contributed by atoms with Crippen LogP contribution in [0.5, 0.6) is 0 Å². The van der Waals surface area contributed by atoms with Gasteiger partial charge in [0, 0.05) is 6.04 Å². The molecule has 1 aromatic carbocycles. The van der Waals surface area contributed by atoms with Gasteiger partial charge in [-0.25, -0.2) is 4.79 Å². The fourth-order valence-corrected chi connectivity index (χ4v) is 2.09. The molecule has 0 aliphatic heterocycles. The first kappa shape index (κ1) is 18.0. The van der Waals surface area contributed by atoms with Crippen LogP contribution in [0.4, 0.5) is 4.79 Å². The Balaban J connectivity index is 2.73. The number of nitrogens with one attached hydrogen (secondary N) is 1. The van der Waals surface area contributed by atoms with E-state index in [4.69, 9.17) is 9.84 Å². The van der Waals surface area contributed by atoms with Gasteiger partial charge in [-0.05, 0) is 39.2 Å². The molecule has 0 saturated heterocycles. The van der Waals surface area contributed by atoms with Gasteiger partial charge in [0.05, 0.1) is 5.92 Å². The van der Waals surface area contributed by atoms with E-state index in [0.717, 1.165) is 5.56 Å². The molecule has 0 saturated carbocycles. The van der Waals surface area contributed by atoms with Crippen LogP contribution in [0, 0.1) is 5.92 Å². The molecule has 5 heteroatoms. The fraction of sp³-hybridized carbons (Fsp3) is 0.529. The minimum atomic E-state index is -0.871. The number of carbonyl (C=O) groups excluding carboxylic acids is 1. The van der Waals surface area contributed by atoms with E-state index in [1.165, 1.54) is 0 Å². The Bertz CT molecular complexity index is 493. The Hall–Kier alpha value is -2.04. The van der Waals surface area contributed by atoms with Gasteiger partial charge in [0.1, 0.15) is 5.60 Å². The van der Waals surface area contributed by atoms with Crippen LogP contribution in [0.3, 0.4) is 0 Å². The topological polar surface area (TPSA) is 75.6 Å². The molecule has 2 atom stereocenters. The number of ether oxygens (including phenoxy) is 1. The van der Waals surface area contributed by atoms with Crippen molar-refractivity contribution in [1.29, 1.82) is 0 Å². The number of carboxylic acid groups (broad SMARTS) is 1. The molecule has 1 aromatic rings. The highest BCUT2D eigenvalue weighted by Crippen LogP contribution is 2.14. The zero-order chi connectivity index (χ0) is 16.8. The Kier molecular flexibility index (Phi) is 6.40. The highest BCUT2D eigenvalue weighted by molar-refractivity contribution is 5.70. The van der Waals surface area contributed by atoms with Crippen molar-refractivity contribution in [2.24, 2.45) is 5.92 Å². The number of amides is 1. The number of carboxylic acids is 1. The molecule has 0 unspecified atom stereocenters. The van der Waals surface area contributed by atoms with Crippen LogP contribution >= 0.6 is 0 Å². The number of hydrogen-bond donors (Lipinski definition) is 2. The summed E-state index contributed by atoms with van der Waals surface area (Å²) >= 11 is 0. The minimum Gasteiger partial charge on any atom is -0.481 e. The van der Waals surface area contributed by atoms with Crippen molar-refractivity contribution >= 4 is 12.1 Å². The Morgan fingerprint density at radius 2 is 1.82 bits per heavy atom. The Morgan fingerprint density at radius 1 is 1.23 bits per heavy atom. The molecule has 0 heterocycles. The quantitative estimate of drug-likeness (QED) is 0.846. The van der Waals surface area contributed by atoms with Gasteiger partial charge in [0.2, 0.25) is 0 Å². The third-order valence-corrected chi connectivity index (χ3v) is 3.11. The van der Waals surface area contributed by atoms with Crippen LogP contribution in [0.2, 0.25) is 0 Å². The molecule has 0 spiro atoms. The molecule has 1 rings (SSSR count). The van der Waals surface area contributed by atoms with Gasteiger partial charge in [-0.15, -0.1) is 0 Å². The van der Waals surface area contributed by atoms with Crippen LogP contribution in [0.25, 0.3) is 0 Å². The molecule has 0 aromatic heterocycles. The number of benzene rings is 1. The van der Waals surface area contributed by atoms with Crippen molar-refractivity contribution in [2.75, 3.05) is 0 Å². The van der Waals surface area contributed by atoms with E-state index in [1.54, 1.807) is 27.7 Å². The second-order valence-corrected chi connectivity index (χ2v) is 6.51. The fourth-order valence-electron chi connectivity index (χ4n) is 2.09. The van der Waals surface area contributed by atoms with Gasteiger partial charge in [-0.2, -0.15) is 0 Å². The average Bonchev–Trinajstić information content (AvgIpc) is 2.37. The standard InChI is InChI=1S/C17H25NO4/c1-12(15(19)20)10-14(11-13-8-6-5-7-9-13)18-16(21)22-17(2,3)4/h5-9,12,14H,10-11H2,1-4H3,(H,18,21)(H,19,20)/t12-,14+/m1/s1. The van der Waals surface area contributed by atoms with Crippen LogP contribution in [-0.4, -0.2) is 28.8 Å². The summed E-state index contributed by atoms with van der Waals surface area (Å²) in [5.41, 5.74) is 0.459. The van der Waals surface area contributed by atoms with Crippen molar-refractivity contribution in [1.82, 2.24) is 5.32 Å². The average molecular weight is 307 g/mol. The maximum absolute atomic E-state index is 11.9. The van der Waals surface area contributed by atoms with E-state index in [9.17, 15) is 9.59 Å². The summed E-state index contributed by atoms with van der Waals surface area (Å²) in [6.45, 7) is 7.01. The SMILES string of the molecule is C[C@H](C[C@@H](Cc1ccccc1)NC(=O)OC(C)(C)C)C(=O)O. The number of rotatable bonds is 6. The molecule has 0 aliphatic carbocycles. The summed E-state index contributed by atoms with van der Waals surface area (Å²) in [7, 11) is 0. The van der Waals surface area contributed by atoms with Crippen molar-refractivity contribution in [3.05, 3.63) is 35.9 Å². The second-order valence-electron chi connectivity index (χ2n) is 6.51. The summed E-state index contributed by atoms with van der Waals surface area (Å²) < 4.78 is 5.25. The summed E-state index contributed by atoms with van der Waals surface area (Å²) in [6, 6.07) is 9.37. The molecule has 2 N–H and O–H groups in total. The first-order chi connectivity index (χ1) is 10.2. The van der Waals surface area contributed by atoms with Crippen LogP contribution in [0.15, 0.2) is 30.3 Å². The largest absolute Gasteiger partial charge is 0.481 e. The third-order valence-electron chi connectivity index (χ3n) is 3.11. The molecule has 0 fully saturated rings. The summed E-state index contributed by atoms with van der Waals surface area (Å²) in [6.07, 6.45) is 0.396. The summed E-state index contributed by atoms with van der Waals surface area (Å²) in [5.74, 6) is -1.41.